The number of amides is 2. The molecule has 2 amide bonds. The van der Waals surface area contributed by atoms with E-state index in [0.29, 0.717) is 30.0 Å². The van der Waals surface area contributed by atoms with Crippen molar-refractivity contribution in [2.24, 2.45) is 0 Å². The summed E-state index contributed by atoms with van der Waals surface area (Å²) in [5.41, 5.74) is 0.292. The zero-order chi connectivity index (χ0) is 17.5. The molecule has 0 bridgehead atoms. The molecule has 3 rings (SSSR count). The largest absolute Gasteiger partial charge is 0.369 e. The summed E-state index contributed by atoms with van der Waals surface area (Å²) >= 11 is 0. The normalized spacial score (nSPS) is 28.0. The van der Waals surface area contributed by atoms with Gasteiger partial charge in [0.05, 0.1) is 34.9 Å². The van der Waals surface area contributed by atoms with Crippen molar-refractivity contribution in [1.82, 2.24) is 10.2 Å². The number of morpholine rings is 1. The third-order valence-electron chi connectivity index (χ3n) is 4.46. The van der Waals surface area contributed by atoms with Crippen molar-refractivity contribution < 1.29 is 17.9 Å². The lowest BCUT2D eigenvalue weighted by Crippen LogP contribution is -2.56. The summed E-state index contributed by atoms with van der Waals surface area (Å²) in [6.07, 6.45) is 0.368. The van der Waals surface area contributed by atoms with Crippen molar-refractivity contribution in [3.05, 3.63) is 29.8 Å². The second-order valence-electron chi connectivity index (χ2n) is 7.22. The summed E-state index contributed by atoms with van der Waals surface area (Å²) < 4.78 is 30.2. The lowest BCUT2D eigenvalue weighted by Gasteiger charge is -2.42. The van der Waals surface area contributed by atoms with E-state index >= 15 is 0 Å². The molecule has 0 saturated carbocycles. The number of benzene rings is 1. The first-order valence-corrected chi connectivity index (χ1v) is 9.88. The summed E-state index contributed by atoms with van der Waals surface area (Å²) in [5, 5.41) is 3.01. The van der Waals surface area contributed by atoms with Crippen LogP contribution in [-0.4, -0.2) is 49.9 Å². The Balaban J connectivity index is 1.78. The Morgan fingerprint density at radius 1 is 1.33 bits per heavy atom. The molecule has 2 aliphatic rings. The highest BCUT2D eigenvalue weighted by Crippen LogP contribution is 2.32. The van der Waals surface area contributed by atoms with Crippen molar-refractivity contribution in [3.8, 4) is 0 Å². The molecule has 0 radical (unpaired) electrons. The molecule has 1 saturated heterocycles. The van der Waals surface area contributed by atoms with E-state index in [1.165, 1.54) is 0 Å². The van der Waals surface area contributed by atoms with Gasteiger partial charge in [-0.2, -0.15) is 0 Å². The molecule has 0 aliphatic carbocycles. The Hall–Kier alpha value is -1.60. The lowest BCUT2D eigenvalue weighted by atomic mass is 10.0. The number of fused-ring (bicyclic) bond motifs is 1. The van der Waals surface area contributed by atoms with Crippen LogP contribution in [0.4, 0.5) is 4.79 Å². The van der Waals surface area contributed by atoms with Crippen molar-refractivity contribution in [2.45, 2.75) is 49.8 Å². The highest BCUT2D eigenvalue weighted by atomic mass is 32.2. The average molecular weight is 352 g/mol. The van der Waals surface area contributed by atoms with E-state index in [2.05, 4.69) is 5.32 Å². The molecule has 2 aliphatic heterocycles. The highest BCUT2D eigenvalue weighted by molar-refractivity contribution is 7.91. The van der Waals surface area contributed by atoms with Crippen LogP contribution in [0, 0.1) is 0 Å². The molecule has 132 valence electrons. The molecule has 6 nitrogen and oxygen atoms in total. The van der Waals surface area contributed by atoms with E-state index in [4.69, 9.17) is 4.74 Å². The molecule has 1 aromatic rings. The van der Waals surface area contributed by atoms with Gasteiger partial charge in [0.1, 0.15) is 0 Å². The van der Waals surface area contributed by atoms with Crippen molar-refractivity contribution in [1.29, 1.82) is 0 Å². The third kappa shape index (κ3) is 3.42. The number of sulfone groups is 1. The Labute approximate surface area is 143 Å². The van der Waals surface area contributed by atoms with Crippen LogP contribution in [0.3, 0.4) is 0 Å². The molecule has 0 aromatic heterocycles. The Morgan fingerprint density at radius 3 is 2.75 bits per heavy atom. The minimum absolute atomic E-state index is 0.0291. The summed E-state index contributed by atoms with van der Waals surface area (Å²) in [5.74, 6) is 0.0555. The van der Waals surface area contributed by atoms with Gasteiger partial charge in [0, 0.05) is 6.54 Å². The minimum atomic E-state index is -3.25. The molecule has 24 heavy (non-hydrogen) atoms. The average Bonchev–Trinajstić information content (AvgIpc) is 2.48. The Bertz CT molecular complexity index is 745. The number of nitrogens with one attached hydrogen (secondary N) is 1. The van der Waals surface area contributed by atoms with E-state index < -0.39 is 9.84 Å². The first kappa shape index (κ1) is 17.2. The maximum Gasteiger partial charge on any atom is 0.318 e. The van der Waals surface area contributed by atoms with E-state index in [1.807, 2.05) is 20.8 Å². The van der Waals surface area contributed by atoms with Crippen molar-refractivity contribution in [2.75, 3.05) is 18.8 Å². The van der Waals surface area contributed by atoms with Crippen molar-refractivity contribution in [3.63, 3.8) is 0 Å². The van der Waals surface area contributed by atoms with Crippen LogP contribution in [0.1, 0.15) is 38.8 Å². The first-order valence-electron chi connectivity index (χ1n) is 8.23. The molecular formula is C17H24N2O4S. The van der Waals surface area contributed by atoms with Gasteiger partial charge in [-0.25, -0.2) is 13.2 Å². The number of hydrogen-bond acceptors (Lipinski definition) is 4. The van der Waals surface area contributed by atoms with Gasteiger partial charge in [0.2, 0.25) is 0 Å². The van der Waals surface area contributed by atoms with Gasteiger partial charge in [0.25, 0.3) is 0 Å². The SMILES string of the molecule is CC1CN(C(=O)NC2CCS(=O)(=O)c3ccccc32)CC(C)(C)O1. The lowest BCUT2D eigenvalue weighted by molar-refractivity contribution is -0.117. The molecule has 2 atom stereocenters. The van der Waals surface area contributed by atoms with Gasteiger partial charge in [-0.1, -0.05) is 18.2 Å². The zero-order valence-electron chi connectivity index (χ0n) is 14.3. The van der Waals surface area contributed by atoms with Crippen LogP contribution >= 0.6 is 0 Å². The maximum absolute atomic E-state index is 12.7. The van der Waals surface area contributed by atoms with Gasteiger partial charge < -0.3 is 15.0 Å². The van der Waals surface area contributed by atoms with E-state index in [0.717, 1.165) is 0 Å². The summed E-state index contributed by atoms with van der Waals surface area (Å²) in [6.45, 7) is 6.91. The van der Waals surface area contributed by atoms with Crippen LogP contribution in [0.2, 0.25) is 0 Å². The Kier molecular flexibility index (Phi) is 4.34. The van der Waals surface area contributed by atoms with Gasteiger partial charge in [0.15, 0.2) is 9.84 Å². The van der Waals surface area contributed by atoms with E-state index in [9.17, 15) is 13.2 Å². The summed E-state index contributed by atoms with van der Waals surface area (Å²) in [4.78, 5) is 14.8. The van der Waals surface area contributed by atoms with Gasteiger partial charge in [-0.3, -0.25) is 0 Å². The highest BCUT2D eigenvalue weighted by Gasteiger charge is 2.36. The molecular weight excluding hydrogens is 328 g/mol. The fourth-order valence-electron chi connectivity index (χ4n) is 3.59. The summed E-state index contributed by atoms with van der Waals surface area (Å²) in [6, 6.07) is 6.47. The second-order valence-corrected chi connectivity index (χ2v) is 9.29. The molecule has 2 heterocycles. The second kappa shape index (κ2) is 6.04. The van der Waals surface area contributed by atoms with Gasteiger partial charge >= 0.3 is 6.03 Å². The standard InChI is InChI=1S/C17H24N2O4S/c1-12-10-19(11-17(2,3)23-12)16(20)18-14-8-9-24(21,22)15-7-5-4-6-13(14)15/h4-7,12,14H,8-11H2,1-3H3,(H,18,20). The molecule has 1 aromatic carbocycles. The van der Waals surface area contributed by atoms with E-state index in [-0.39, 0.29) is 29.5 Å². The van der Waals surface area contributed by atoms with Crippen LogP contribution in [0.5, 0.6) is 0 Å². The quantitative estimate of drug-likeness (QED) is 0.840. The monoisotopic (exact) mass is 352 g/mol. The topological polar surface area (TPSA) is 75.7 Å². The first-order chi connectivity index (χ1) is 11.2. The molecule has 1 N–H and O–H groups in total. The molecule has 1 fully saturated rings. The Morgan fingerprint density at radius 2 is 2.04 bits per heavy atom. The van der Waals surface area contributed by atoms with Gasteiger partial charge in [-0.15, -0.1) is 0 Å². The van der Waals surface area contributed by atoms with Crippen LogP contribution in [0.25, 0.3) is 0 Å². The molecule has 7 heteroatoms. The predicted molar refractivity (Wildman–Crippen MR) is 90.6 cm³/mol. The maximum atomic E-state index is 12.7. The molecule has 2 unspecified atom stereocenters. The smallest absolute Gasteiger partial charge is 0.318 e. The molecule has 0 spiro atoms. The van der Waals surface area contributed by atoms with Crippen LogP contribution in [0.15, 0.2) is 29.2 Å². The van der Waals surface area contributed by atoms with Crippen LogP contribution in [-0.2, 0) is 14.6 Å². The number of nitrogens with zero attached hydrogens (tertiary/aromatic N) is 1. The number of carbonyl (C=O) groups is 1. The fourth-order valence-corrected chi connectivity index (χ4v) is 5.21. The number of urea groups is 1. The number of hydrogen-bond donors (Lipinski definition) is 1. The van der Waals surface area contributed by atoms with Crippen LogP contribution < -0.4 is 5.32 Å². The minimum Gasteiger partial charge on any atom is -0.369 e. The number of carbonyl (C=O) groups excluding carboxylic acids is 1. The third-order valence-corrected chi connectivity index (χ3v) is 6.27. The van der Waals surface area contributed by atoms with Gasteiger partial charge in [-0.05, 0) is 38.8 Å². The number of ether oxygens (including phenoxy) is 1. The van der Waals surface area contributed by atoms with Crippen molar-refractivity contribution >= 4 is 15.9 Å². The fraction of sp³-hybridized carbons (Fsp3) is 0.588. The van der Waals surface area contributed by atoms with E-state index in [1.54, 1.807) is 29.2 Å². The predicted octanol–water partition coefficient (Wildman–Crippen LogP) is 2.11. The zero-order valence-corrected chi connectivity index (χ0v) is 15.1. The number of rotatable bonds is 1. The summed E-state index contributed by atoms with van der Waals surface area (Å²) in [7, 11) is -3.25.